The van der Waals surface area contributed by atoms with Gasteiger partial charge in [0, 0.05) is 6.04 Å². The molecule has 0 radical (unpaired) electrons. The Morgan fingerprint density at radius 1 is 1.39 bits per heavy atom. The van der Waals surface area contributed by atoms with Crippen LogP contribution in [0.5, 0.6) is 0 Å². The first kappa shape index (κ1) is 13.1. The number of hydrogen-bond donors (Lipinski definition) is 1. The van der Waals surface area contributed by atoms with Crippen molar-refractivity contribution in [1.29, 1.82) is 5.26 Å². The zero-order valence-corrected chi connectivity index (χ0v) is 11.0. The zero-order chi connectivity index (χ0) is 13.0. The van der Waals surface area contributed by atoms with Crippen molar-refractivity contribution in [2.45, 2.75) is 38.3 Å². The maximum absolute atomic E-state index is 9.26. The largest absolute Gasteiger partial charge is 0.326 e. The number of likely N-dealkylation sites (N-methyl/N-ethyl adjacent to an activating group) is 1. The molecule has 3 heteroatoms. The molecule has 1 aliphatic rings. The lowest BCUT2D eigenvalue weighted by Crippen LogP contribution is -2.40. The normalized spacial score (nSPS) is 25.4. The highest BCUT2D eigenvalue weighted by molar-refractivity contribution is 5.40. The van der Waals surface area contributed by atoms with E-state index in [1.165, 1.54) is 12.8 Å². The van der Waals surface area contributed by atoms with Gasteiger partial charge in [0.2, 0.25) is 0 Å². The van der Waals surface area contributed by atoms with E-state index in [1.54, 1.807) is 0 Å². The van der Waals surface area contributed by atoms with Gasteiger partial charge >= 0.3 is 0 Å². The van der Waals surface area contributed by atoms with Gasteiger partial charge in [-0.05, 0) is 37.6 Å². The molecule has 96 valence electrons. The molecule has 2 N–H and O–H groups in total. The van der Waals surface area contributed by atoms with Gasteiger partial charge in [0.25, 0.3) is 0 Å². The van der Waals surface area contributed by atoms with Crippen molar-refractivity contribution in [1.82, 2.24) is 4.90 Å². The molecule has 0 aromatic heterocycles. The minimum absolute atomic E-state index is 0.127. The van der Waals surface area contributed by atoms with Crippen LogP contribution in [0.25, 0.3) is 0 Å². The monoisotopic (exact) mass is 243 g/mol. The third kappa shape index (κ3) is 2.55. The molecule has 0 saturated carbocycles. The van der Waals surface area contributed by atoms with Crippen molar-refractivity contribution in [2.75, 3.05) is 13.1 Å². The fourth-order valence-corrected chi connectivity index (χ4v) is 2.90. The summed E-state index contributed by atoms with van der Waals surface area (Å²) < 4.78 is 0. The Morgan fingerprint density at radius 2 is 2.17 bits per heavy atom. The van der Waals surface area contributed by atoms with Crippen LogP contribution >= 0.6 is 0 Å². The van der Waals surface area contributed by atoms with Crippen LogP contribution in [0.4, 0.5) is 0 Å². The predicted octanol–water partition coefficient (Wildman–Crippen LogP) is 2.43. The first-order valence-corrected chi connectivity index (χ1v) is 6.76. The minimum Gasteiger partial charge on any atom is -0.326 e. The van der Waals surface area contributed by atoms with E-state index in [2.05, 4.69) is 24.0 Å². The highest BCUT2D eigenvalue weighted by Crippen LogP contribution is 2.30. The van der Waals surface area contributed by atoms with Crippen molar-refractivity contribution in [3.05, 3.63) is 35.4 Å². The first-order chi connectivity index (χ1) is 8.77. The Balaban J connectivity index is 2.40. The highest BCUT2D eigenvalue weighted by Gasteiger charge is 2.29. The van der Waals surface area contributed by atoms with E-state index >= 15 is 0 Å². The first-order valence-electron chi connectivity index (χ1n) is 6.76. The lowest BCUT2D eigenvalue weighted by atomic mass is 9.93. The molecule has 1 aliphatic heterocycles. The fraction of sp³-hybridized carbons (Fsp3) is 0.533. The second kappa shape index (κ2) is 5.99. The Morgan fingerprint density at radius 3 is 2.89 bits per heavy atom. The van der Waals surface area contributed by atoms with Crippen LogP contribution < -0.4 is 5.73 Å². The molecule has 0 amide bonds. The third-order valence-electron chi connectivity index (χ3n) is 3.84. The topological polar surface area (TPSA) is 53.0 Å². The summed E-state index contributed by atoms with van der Waals surface area (Å²) in [4.78, 5) is 2.41. The van der Waals surface area contributed by atoms with Gasteiger partial charge in [-0.2, -0.15) is 5.26 Å². The van der Waals surface area contributed by atoms with E-state index in [1.807, 2.05) is 18.2 Å². The average molecular weight is 243 g/mol. The lowest BCUT2D eigenvalue weighted by Gasteiger charge is -2.33. The number of likely N-dealkylation sites (tertiary alicyclic amines) is 1. The van der Waals surface area contributed by atoms with Crippen LogP contribution in [0.3, 0.4) is 0 Å². The van der Waals surface area contributed by atoms with Gasteiger partial charge in [-0.1, -0.05) is 31.5 Å². The number of benzene rings is 1. The molecular formula is C15H21N3. The summed E-state index contributed by atoms with van der Waals surface area (Å²) in [6.07, 6.45) is 3.43. The molecule has 0 aliphatic carbocycles. The summed E-state index contributed by atoms with van der Waals surface area (Å²) in [5, 5.41) is 9.26. The van der Waals surface area contributed by atoms with Gasteiger partial charge in [-0.15, -0.1) is 0 Å². The van der Waals surface area contributed by atoms with Gasteiger partial charge < -0.3 is 5.73 Å². The Kier molecular flexibility index (Phi) is 4.35. The molecule has 1 aromatic rings. The maximum atomic E-state index is 9.26. The van der Waals surface area contributed by atoms with Crippen LogP contribution in [0.15, 0.2) is 24.3 Å². The quantitative estimate of drug-likeness (QED) is 0.868. The van der Waals surface area contributed by atoms with Gasteiger partial charge in [0.1, 0.15) is 0 Å². The van der Waals surface area contributed by atoms with Crippen LogP contribution in [0.2, 0.25) is 0 Å². The smallest absolute Gasteiger partial charge is 0.0995 e. The maximum Gasteiger partial charge on any atom is 0.0995 e. The van der Waals surface area contributed by atoms with Gasteiger partial charge in [0.05, 0.1) is 17.7 Å². The standard InChI is InChI=1S/C15H21N3/c1-2-18-10-6-5-9-14(17)15(18)13-8-4-3-7-12(13)11-16/h3-4,7-8,14-15H,2,5-6,9-10,17H2,1H3. The van der Waals surface area contributed by atoms with E-state index < -0.39 is 0 Å². The Hall–Kier alpha value is -1.37. The van der Waals surface area contributed by atoms with E-state index in [0.29, 0.717) is 0 Å². The van der Waals surface area contributed by atoms with Crippen LogP contribution in [-0.2, 0) is 0 Å². The van der Waals surface area contributed by atoms with Crippen molar-refractivity contribution in [3.63, 3.8) is 0 Å². The van der Waals surface area contributed by atoms with Gasteiger partial charge in [0.15, 0.2) is 0 Å². The van der Waals surface area contributed by atoms with E-state index in [4.69, 9.17) is 5.73 Å². The molecule has 18 heavy (non-hydrogen) atoms. The summed E-state index contributed by atoms with van der Waals surface area (Å²) in [7, 11) is 0. The number of rotatable bonds is 2. The molecule has 2 unspecified atom stereocenters. The number of nitrogens with zero attached hydrogens (tertiary/aromatic N) is 2. The molecule has 0 spiro atoms. The lowest BCUT2D eigenvalue weighted by molar-refractivity contribution is 0.195. The summed E-state index contributed by atoms with van der Waals surface area (Å²) in [5.74, 6) is 0. The van der Waals surface area contributed by atoms with Gasteiger partial charge in [-0.25, -0.2) is 0 Å². The molecular weight excluding hydrogens is 222 g/mol. The Labute approximate surface area is 109 Å². The molecule has 1 fully saturated rings. The molecule has 2 atom stereocenters. The number of nitrogens with two attached hydrogens (primary N) is 1. The highest BCUT2D eigenvalue weighted by atomic mass is 15.2. The molecule has 1 heterocycles. The molecule has 0 bridgehead atoms. The second-order valence-corrected chi connectivity index (χ2v) is 4.93. The SMILES string of the molecule is CCN1CCCCC(N)C1c1ccccc1C#N. The van der Waals surface area contributed by atoms with Crippen molar-refractivity contribution in [3.8, 4) is 6.07 Å². The predicted molar refractivity (Wildman–Crippen MR) is 73.0 cm³/mol. The van der Waals surface area contributed by atoms with Gasteiger partial charge in [-0.3, -0.25) is 4.90 Å². The summed E-state index contributed by atoms with van der Waals surface area (Å²) >= 11 is 0. The Bertz CT molecular complexity index is 436. The van der Waals surface area contributed by atoms with Crippen LogP contribution in [0.1, 0.15) is 43.4 Å². The molecule has 2 rings (SSSR count). The number of hydrogen-bond acceptors (Lipinski definition) is 3. The molecule has 3 nitrogen and oxygen atoms in total. The van der Waals surface area contributed by atoms with E-state index in [0.717, 1.165) is 30.6 Å². The van der Waals surface area contributed by atoms with E-state index in [9.17, 15) is 5.26 Å². The number of nitriles is 1. The fourth-order valence-electron chi connectivity index (χ4n) is 2.90. The molecule has 1 aromatic carbocycles. The summed E-state index contributed by atoms with van der Waals surface area (Å²) in [6.45, 7) is 4.23. The van der Waals surface area contributed by atoms with Crippen LogP contribution in [0, 0.1) is 11.3 Å². The average Bonchev–Trinajstić information content (AvgIpc) is 2.60. The van der Waals surface area contributed by atoms with Crippen molar-refractivity contribution < 1.29 is 0 Å². The summed E-state index contributed by atoms with van der Waals surface area (Å²) in [6, 6.07) is 10.5. The minimum atomic E-state index is 0.127. The third-order valence-corrected chi connectivity index (χ3v) is 3.84. The summed E-state index contributed by atoms with van der Waals surface area (Å²) in [5.41, 5.74) is 8.21. The molecule has 1 saturated heterocycles. The zero-order valence-electron chi connectivity index (χ0n) is 11.0. The van der Waals surface area contributed by atoms with Crippen LogP contribution in [-0.4, -0.2) is 24.0 Å². The second-order valence-electron chi connectivity index (χ2n) is 4.93. The van der Waals surface area contributed by atoms with Crippen molar-refractivity contribution in [2.24, 2.45) is 5.73 Å². The van der Waals surface area contributed by atoms with E-state index in [-0.39, 0.29) is 12.1 Å². The van der Waals surface area contributed by atoms with Crippen molar-refractivity contribution >= 4 is 0 Å².